The third kappa shape index (κ3) is 2.21. The van der Waals surface area contributed by atoms with Crippen LogP contribution in [-0.2, 0) is 6.54 Å². The Labute approximate surface area is 132 Å². The van der Waals surface area contributed by atoms with E-state index < -0.39 is 5.66 Å². The van der Waals surface area contributed by atoms with Gasteiger partial charge in [0.05, 0.1) is 12.1 Å². The van der Waals surface area contributed by atoms with Crippen LogP contribution in [-0.4, -0.2) is 21.5 Å². The normalized spacial score (nSPS) is 22.2. The first-order chi connectivity index (χ1) is 11.2. The molecule has 0 spiro atoms. The van der Waals surface area contributed by atoms with Crippen LogP contribution in [0.1, 0.15) is 12.5 Å². The second-order valence-electron chi connectivity index (χ2n) is 5.57. The van der Waals surface area contributed by atoms with Crippen molar-refractivity contribution in [2.24, 2.45) is 15.3 Å². The number of amidine groups is 1. The molecule has 0 bridgehead atoms. The monoisotopic (exact) mass is 303 g/mol. The molecule has 0 amide bonds. The number of aliphatic imine (C=N–C) groups is 1. The van der Waals surface area contributed by atoms with Gasteiger partial charge in [-0.3, -0.25) is 4.98 Å². The zero-order valence-corrected chi connectivity index (χ0v) is 12.4. The van der Waals surface area contributed by atoms with E-state index >= 15 is 0 Å². The first-order valence-electron chi connectivity index (χ1n) is 7.19. The molecule has 0 fully saturated rings. The van der Waals surface area contributed by atoms with Gasteiger partial charge in [0.25, 0.3) is 0 Å². The van der Waals surface area contributed by atoms with Crippen molar-refractivity contribution in [1.82, 2.24) is 15.3 Å². The van der Waals surface area contributed by atoms with E-state index in [2.05, 4.69) is 31.7 Å². The zero-order chi connectivity index (χ0) is 15.9. The number of nitrogens with zero attached hydrogens (tertiary/aromatic N) is 6. The molecule has 0 radical (unpaired) electrons. The number of nitriles is 1. The molecule has 112 valence electrons. The van der Waals surface area contributed by atoms with Gasteiger partial charge < -0.3 is 5.32 Å². The van der Waals surface area contributed by atoms with Gasteiger partial charge in [-0.15, -0.1) is 5.11 Å². The number of fused-ring (bicyclic) bond motifs is 2. The fraction of sp³-hybridized carbons (Fsp3) is 0.188. The van der Waals surface area contributed by atoms with Crippen molar-refractivity contribution in [3.8, 4) is 6.07 Å². The smallest absolute Gasteiger partial charge is 0.209 e. The lowest BCUT2D eigenvalue weighted by Gasteiger charge is -2.26. The van der Waals surface area contributed by atoms with E-state index in [1.54, 1.807) is 17.4 Å². The average Bonchev–Trinajstić information content (AvgIpc) is 2.90. The van der Waals surface area contributed by atoms with Crippen molar-refractivity contribution in [2.75, 3.05) is 0 Å². The van der Waals surface area contributed by atoms with Crippen LogP contribution in [0.3, 0.4) is 0 Å². The Kier molecular flexibility index (Phi) is 2.84. The molecule has 2 aromatic rings. The minimum absolute atomic E-state index is 0.317. The Morgan fingerprint density at radius 2 is 2.26 bits per heavy atom. The van der Waals surface area contributed by atoms with Gasteiger partial charge in [-0.2, -0.15) is 5.26 Å². The predicted molar refractivity (Wildman–Crippen MR) is 84.8 cm³/mol. The maximum absolute atomic E-state index is 9.04. The quantitative estimate of drug-likeness (QED) is 0.923. The van der Waals surface area contributed by atoms with Gasteiger partial charge in [-0.1, -0.05) is 17.4 Å². The molecule has 4 rings (SSSR count). The Morgan fingerprint density at radius 3 is 3.13 bits per heavy atom. The molecule has 2 aliphatic heterocycles. The van der Waals surface area contributed by atoms with Gasteiger partial charge in [-0.05, 0) is 30.7 Å². The van der Waals surface area contributed by atoms with E-state index in [1.807, 2.05) is 37.3 Å². The van der Waals surface area contributed by atoms with Crippen LogP contribution in [0.25, 0.3) is 10.9 Å². The summed E-state index contributed by atoms with van der Waals surface area (Å²) in [6, 6.07) is 12.0. The highest BCUT2D eigenvalue weighted by molar-refractivity contribution is 5.94. The molecule has 1 atom stereocenters. The molecule has 2 aliphatic rings. The second-order valence-corrected chi connectivity index (χ2v) is 5.57. The number of allylic oxidation sites excluding steroid dienone is 1. The molecule has 7 nitrogen and oxygen atoms in total. The molecule has 0 saturated heterocycles. The first-order valence-corrected chi connectivity index (χ1v) is 7.19. The van der Waals surface area contributed by atoms with E-state index in [-0.39, 0.29) is 0 Å². The van der Waals surface area contributed by atoms with E-state index in [9.17, 15) is 0 Å². The largest absolute Gasteiger partial charge is 0.357 e. The Bertz CT molecular complexity index is 921. The van der Waals surface area contributed by atoms with E-state index in [1.165, 1.54) is 0 Å². The standard InChI is InChI=1S/C16H13N7/c1-16-15(20-13(8-17)9-19-16)23(22-21-16)10-11-4-5-14-12(7-11)3-2-6-18-14/h2-7,9,19H,10H2,1H3. The fourth-order valence-corrected chi connectivity index (χ4v) is 2.66. The SMILES string of the molecule is CC12N=NN(Cc3ccc4ncccc4c3)C1=NC(C#N)=CN2. The molecule has 1 aromatic carbocycles. The summed E-state index contributed by atoms with van der Waals surface area (Å²) in [7, 11) is 0. The highest BCUT2D eigenvalue weighted by Crippen LogP contribution is 2.27. The molecule has 1 aromatic heterocycles. The van der Waals surface area contributed by atoms with Crippen LogP contribution >= 0.6 is 0 Å². The van der Waals surface area contributed by atoms with Crippen LogP contribution in [0.15, 0.2) is 63.8 Å². The topological polar surface area (TPSA) is 89.0 Å². The van der Waals surface area contributed by atoms with Crippen molar-refractivity contribution in [3.05, 3.63) is 54.0 Å². The predicted octanol–water partition coefficient (Wildman–Crippen LogP) is 2.50. The number of rotatable bonds is 2. The van der Waals surface area contributed by atoms with Gasteiger partial charge in [0.1, 0.15) is 6.07 Å². The highest BCUT2D eigenvalue weighted by Gasteiger charge is 2.41. The van der Waals surface area contributed by atoms with Crippen molar-refractivity contribution < 1.29 is 0 Å². The molecule has 0 aliphatic carbocycles. The minimum Gasteiger partial charge on any atom is -0.357 e. The van der Waals surface area contributed by atoms with Gasteiger partial charge in [0, 0.05) is 17.8 Å². The number of hydrogen-bond donors (Lipinski definition) is 1. The minimum atomic E-state index is -0.710. The Hall–Kier alpha value is -3.27. The average molecular weight is 303 g/mol. The third-order valence-electron chi connectivity index (χ3n) is 3.86. The number of benzene rings is 1. The highest BCUT2D eigenvalue weighted by atomic mass is 15.6. The van der Waals surface area contributed by atoms with Crippen LogP contribution in [0.4, 0.5) is 0 Å². The third-order valence-corrected chi connectivity index (χ3v) is 3.86. The first kappa shape index (κ1) is 13.4. The number of nitrogens with one attached hydrogen (secondary N) is 1. The lowest BCUT2D eigenvalue weighted by molar-refractivity contribution is 0.430. The van der Waals surface area contributed by atoms with Gasteiger partial charge in [0.15, 0.2) is 11.5 Å². The van der Waals surface area contributed by atoms with Crippen molar-refractivity contribution in [3.63, 3.8) is 0 Å². The summed E-state index contributed by atoms with van der Waals surface area (Å²) in [6.07, 6.45) is 3.34. The molecule has 7 heteroatoms. The molecular weight excluding hydrogens is 290 g/mol. The molecular formula is C16H13N7. The van der Waals surface area contributed by atoms with E-state index in [4.69, 9.17) is 5.26 Å². The van der Waals surface area contributed by atoms with Crippen LogP contribution in [0, 0.1) is 11.3 Å². The summed E-state index contributed by atoms with van der Waals surface area (Å²) < 4.78 is 0. The lowest BCUT2D eigenvalue weighted by atomic mass is 10.1. The Morgan fingerprint density at radius 1 is 1.35 bits per heavy atom. The van der Waals surface area contributed by atoms with Crippen molar-refractivity contribution in [1.29, 1.82) is 5.26 Å². The summed E-state index contributed by atoms with van der Waals surface area (Å²) in [5.41, 5.74) is 1.64. The van der Waals surface area contributed by atoms with Gasteiger partial charge in [-0.25, -0.2) is 10.0 Å². The van der Waals surface area contributed by atoms with Crippen LogP contribution < -0.4 is 5.32 Å². The van der Waals surface area contributed by atoms with Crippen LogP contribution in [0.2, 0.25) is 0 Å². The maximum Gasteiger partial charge on any atom is 0.209 e. The number of aromatic nitrogens is 1. The van der Waals surface area contributed by atoms with Crippen LogP contribution in [0.5, 0.6) is 0 Å². The molecule has 1 unspecified atom stereocenters. The fourth-order valence-electron chi connectivity index (χ4n) is 2.66. The summed E-state index contributed by atoms with van der Waals surface area (Å²) >= 11 is 0. The van der Waals surface area contributed by atoms with E-state index in [0.717, 1.165) is 16.5 Å². The second kappa shape index (κ2) is 4.88. The Balaban J connectivity index is 1.65. The number of pyridine rings is 1. The van der Waals surface area contributed by atoms with Crippen molar-refractivity contribution >= 4 is 16.7 Å². The molecule has 3 heterocycles. The van der Waals surface area contributed by atoms with E-state index in [0.29, 0.717) is 18.1 Å². The summed E-state index contributed by atoms with van der Waals surface area (Å²) in [6.45, 7) is 2.41. The maximum atomic E-state index is 9.04. The molecule has 1 N–H and O–H groups in total. The number of hydrogen-bond acceptors (Lipinski definition) is 7. The summed E-state index contributed by atoms with van der Waals surface area (Å²) in [4.78, 5) is 8.67. The van der Waals surface area contributed by atoms with Crippen molar-refractivity contribution in [2.45, 2.75) is 19.1 Å². The summed E-state index contributed by atoms with van der Waals surface area (Å²) in [5.74, 6) is 0.628. The lowest BCUT2D eigenvalue weighted by Crippen LogP contribution is -2.49. The summed E-state index contributed by atoms with van der Waals surface area (Å²) in [5, 5.41) is 23.3. The molecule has 0 saturated carbocycles. The van der Waals surface area contributed by atoms with Gasteiger partial charge >= 0.3 is 0 Å². The zero-order valence-electron chi connectivity index (χ0n) is 12.4. The van der Waals surface area contributed by atoms with Gasteiger partial charge in [0.2, 0.25) is 5.66 Å². The molecule has 23 heavy (non-hydrogen) atoms.